The molecule has 0 amide bonds. The van der Waals surface area contributed by atoms with Gasteiger partial charge < -0.3 is 5.41 Å². The zero-order valence-corrected chi connectivity index (χ0v) is 17.9. The molecule has 0 radical (unpaired) electrons. The Morgan fingerprint density at radius 3 is 2.69 bits per heavy atom. The average Bonchev–Trinajstić information content (AvgIpc) is 2.67. The lowest BCUT2D eigenvalue weighted by Gasteiger charge is -2.16. The van der Waals surface area contributed by atoms with Crippen LogP contribution in [-0.4, -0.2) is 30.9 Å². The van der Waals surface area contributed by atoms with Gasteiger partial charge in [-0.1, -0.05) is 24.6 Å². The summed E-state index contributed by atoms with van der Waals surface area (Å²) in [5.74, 6) is -0.664. The monoisotopic (exact) mass is 432 g/mol. The van der Waals surface area contributed by atoms with Crippen LogP contribution < -0.4 is 4.72 Å². The Hall–Kier alpha value is -2.60. The van der Waals surface area contributed by atoms with E-state index in [9.17, 15) is 13.2 Å². The molecule has 0 unspecified atom stereocenters. The molecule has 0 aliphatic carbocycles. The Morgan fingerprint density at radius 2 is 2.07 bits per heavy atom. The van der Waals surface area contributed by atoms with Crippen LogP contribution in [0.3, 0.4) is 0 Å². The molecule has 2 aromatic rings. The van der Waals surface area contributed by atoms with Gasteiger partial charge in [-0.05, 0) is 49.6 Å². The summed E-state index contributed by atoms with van der Waals surface area (Å²) in [6.45, 7) is 5.20. The predicted molar refractivity (Wildman–Crippen MR) is 111 cm³/mol. The molecular weight excluding hydrogens is 412 g/mol. The van der Waals surface area contributed by atoms with Gasteiger partial charge in [0.15, 0.2) is 0 Å². The Balaban J connectivity index is 2.39. The molecule has 7 nitrogen and oxygen atoms in total. The molecule has 1 aromatic heterocycles. The number of nitrogens with one attached hydrogen (secondary N) is 2. The standard InChI is InChI=1S/C20H21ClN4O3S/c1-4-13(3)25-29(27,28)17-6-5-12(2)18(19(17)21)20(26)16(23)10-14-7-8-24-15(9-14)11-22/h5-9,13,23,25H,4,10H2,1-3H3/t13-/m1/s1. The Morgan fingerprint density at radius 1 is 1.38 bits per heavy atom. The van der Waals surface area contributed by atoms with Gasteiger partial charge in [0.2, 0.25) is 15.8 Å². The molecule has 0 spiro atoms. The summed E-state index contributed by atoms with van der Waals surface area (Å²) >= 11 is 6.33. The van der Waals surface area contributed by atoms with Crippen LogP contribution in [-0.2, 0) is 16.4 Å². The number of hydrogen-bond donors (Lipinski definition) is 2. The second-order valence-corrected chi connectivity index (χ2v) is 8.71. The quantitative estimate of drug-likeness (QED) is 0.488. The first-order valence-electron chi connectivity index (χ1n) is 8.89. The molecule has 0 saturated heterocycles. The number of halogens is 1. The van der Waals surface area contributed by atoms with Gasteiger partial charge in [0.05, 0.1) is 10.7 Å². The molecule has 0 fully saturated rings. The molecule has 0 aliphatic rings. The maximum atomic E-state index is 12.9. The van der Waals surface area contributed by atoms with Gasteiger partial charge in [-0.2, -0.15) is 5.26 Å². The van der Waals surface area contributed by atoms with Crippen LogP contribution in [0, 0.1) is 23.7 Å². The SMILES string of the molecule is CC[C@@H](C)NS(=O)(=O)c1ccc(C)c(C(=O)C(=N)Cc2ccnc(C#N)c2)c1Cl. The molecule has 152 valence electrons. The van der Waals surface area contributed by atoms with Crippen molar-refractivity contribution in [3.05, 3.63) is 57.9 Å². The largest absolute Gasteiger partial charge is 0.301 e. The number of rotatable bonds is 8. The summed E-state index contributed by atoms with van der Waals surface area (Å²) in [4.78, 5) is 16.6. The fourth-order valence-corrected chi connectivity index (χ4v) is 4.64. The van der Waals surface area contributed by atoms with E-state index < -0.39 is 15.8 Å². The molecule has 1 aromatic carbocycles. The summed E-state index contributed by atoms with van der Waals surface area (Å²) in [6, 6.07) is 7.56. The lowest BCUT2D eigenvalue weighted by atomic mass is 9.97. The minimum absolute atomic E-state index is 0.0155. The van der Waals surface area contributed by atoms with Crippen molar-refractivity contribution >= 4 is 33.1 Å². The fourth-order valence-electron chi connectivity index (χ4n) is 2.63. The van der Waals surface area contributed by atoms with Crippen molar-refractivity contribution in [2.75, 3.05) is 0 Å². The number of Topliss-reactive ketones (excluding diaryl/α,β-unsaturated/α-hetero) is 1. The van der Waals surface area contributed by atoms with E-state index in [0.29, 0.717) is 17.5 Å². The van der Waals surface area contributed by atoms with Crippen LogP contribution >= 0.6 is 11.6 Å². The number of aromatic nitrogens is 1. The number of sulfonamides is 1. The Kier molecular flexibility index (Phi) is 7.25. The molecule has 2 rings (SSSR count). The first-order valence-corrected chi connectivity index (χ1v) is 10.7. The average molecular weight is 433 g/mol. The molecular formula is C20H21ClN4O3S. The van der Waals surface area contributed by atoms with E-state index in [2.05, 4.69) is 9.71 Å². The van der Waals surface area contributed by atoms with E-state index in [-0.39, 0.29) is 39.3 Å². The minimum atomic E-state index is -3.92. The van der Waals surface area contributed by atoms with Crippen molar-refractivity contribution in [1.82, 2.24) is 9.71 Å². The molecule has 1 heterocycles. The maximum Gasteiger partial charge on any atom is 0.242 e. The number of nitriles is 1. The highest BCUT2D eigenvalue weighted by Crippen LogP contribution is 2.29. The topological polar surface area (TPSA) is 124 Å². The molecule has 0 saturated carbocycles. The van der Waals surface area contributed by atoms with E-state index in [4.69, 9.17) is 22.3 Å². The van der Waals surface area contributed by atoms with Crippen molar-refractivity contribution in [1.29, 1.82) is 10.7 Å². The third-order valence-corrected chi connectivity index (χ3v) is 6.53. The van der Waals surface area contributed by atoms with Crippen LogP contribution in [0.1, 0.15) is 47.4 Å². The summed E-state index contributed by atoms with van der Waals surface area (Å²) < 4.78 is 27.8. The van der Waals surface area contributed by atoms with E-state index in [1.807, 2.05) is 13.0 Å². The lowest BCUT2D eigenvalue weighted by molar-refractivity contribution is 0.106. The van der Waals surface area contributed by atoms with Crippen molar-refractivity contribution < 1.29 is 13.2 Å². The smallest absolute Gasteiger partial charge is 0.242 e. The summed E-state index contributed by atoms with van der Waals surface area (Å²) in [5.41, 5.74) is 0.944. The number of hydrogen-bond acceptors (Lipinski definition) is 6. The van der Waals surface area contributed by atoms with E-state index in [0.717, 1.165) is 0 Å². The van der Waals surface area contributed by atoms with Crippen LogP contribution in [0.2, 0.25) is 5.02 Å². The number of ketones is 1. The fraction of sp³-hybridized carbons (Fsp3) is 0.300. The van der Waals surface area contributed by atoms with Crippen molar-refractivity contribution in [2.24, 2.45) is 0 Å². The van der Waals surface area contributed by atoms with Gasteiger partial charge in [0.1, 0.15) is 16.7 Å². The molecule has 2 N–H and O–H groups in total. The second kappa shape index (κ2) is 9.27. The van der Waals surface area contributed by atoms with E-state index in [1.54, 1.807) is 19.9 Å². The molecule has 29 heavy (non-hydrogen) atoms. The van der Waals surface area contributed by atoms with Crippen molar-refractivity contribution in [2.45, 2.75) is 44.6 Å². The highest BCUT2D eigenvalue weighted by Gasteiger charge is 2.26. The normalized spacial score (nSPS) is 12.2. The Bertz CT molecular complexity index is 1110. The number of carbonyl (C=O) groups is 1. The third kappa shape index (κ3) is 5.26. The number of pyridine rings is 1. The van der Waals surface area contributed by atoms with Gasteiger partial charge >= 0.3 is 0 Å². The molecule has 9 heteroatoms. The number of carbonyl (C=O) groups excluding carboxylic acids is 1. The predicted octanol–water partition coefficient (Wildman–Crippen LogP) is 3.44. The lowest BCUT2D eigenvalue weighted by Crippen LogP contribution is -2.32. The van der Waals surface area contributed by atoms with Crippen molar-refractivity contribution in [3.63, 3.8) is 0 Å². The first kappa shape index (κ1) is 22.7. The van der Waals surface area contributed by atoms with Crippen LogP contribution in [0.4, 0.5) is 0 Å². The van der Waals surface area contributed by atoms with Crippen LogP contribution in [0.15, 0.2) is 35.4 Å². The summed E-state index contributed by atoms with van der Waals surface area (Å²) in [6.07, 6.45) is 1.99. The van der Waals surface area contributed by atoms with Gasteiger partial charge in [-0.25, -0.2) is 18.1 Å². The maximum absolute atomic E-state index is 12.9. The first-order chi connectivity index (χ1) is 13.6. The summed E-state index contributed by atoms with van der Waals surface area (Å²) in [7, 11) is -3.92. The zero-order valence-electron chi connectivity index (χ0n) is 16.3. The highest BCUT2D eigenvalue weighted by molar-refractivity contribution is 7.89. The molecule has 0 aliphatic heterocycles. The van der Waals surface area contributed by atoms with E-state index in [1.165, 1.54) is 24.4 Å². The number of nitrogens with zero attached hydrogens (tertiary/aromatic N) is 2. The second-order valence-electron chi connectivity index (χ2n) is 6.65. The summed E-state index contributed by atoms with van der Waals surface area (Å²) in [5, 5.41) is 16.9. The van der Waals surface area contributed by atoms with Gasteiger partial charge in [0.25, 0.3) is 0 Å². The number of aryl methyl sites for hydroxylation is 1. The van der Waals surface area contributed by atoms with Crippen LogP contribution in [0.5, 0.6) is 0 Å². The van der Waals surface area contributed by atoms with Gasteiger partial charge in [0, 0.05) is 24.2 Å². The third-order valence-electron chi connectivity index (χ3n) is 4.39. The Labute approximate surface area is 175 Å². The van der Waals surface area contributed by atoms with Crippen molar-refractivity contribution in [3.8, 4) is 6.07 Å². The number of benzene rings is 1. The van der Waals surface area contributed by atoms with Gasteiger partial charge in [-0.15, -0.1) is 0 Å². The molecule has 0 bridgehead atoms. The van der Waals surface area contributed by atoms with Gasteiger partial charge in [-0.3, -0.25) is 4.79 Å². The van der Waals surface area contributed by atoms with E-state index >= 15 is 0 Å². The van der Waals surface area contributed by atoms with Crippen LogP contribution in [0.25, 0.3) is 0 Å². The minimum Gasteiger partial charge on any atom is -0.301 e. The molecule has 1 atom stereocenters. The zero-order chi connectivity index (χ0) is 21.8. The highest BCUT2D eigenvalue weighted by atomic mass is 35.5.